The fraction of sp³-hybridized carbons (Fsp3) is 0.333. The number of carbonyl (C=O) groups is 2. The van der Waals surface area contributed by atoms with Crippen LogP contribution in [0.1, 0.15) is 29.5 Å². The van der Waals surface area contributed by atoms with Gasteiger partial charge in [-0.05, 0) is 6.92 Å². The van der Waals surface area contributed by atoms with Crippen LogP contribution in [0, 0.1) is 6.92 Å². The lowest BCUT2D eigenvalue weighted by molar-refractivity contribution is -0.116. The molecule has 8 heteroatoms. The average Bonchev–Trinajstić information content (AvgIpc) is 2.96. The summed E-state index contributed by atoms with van der Waals surface area (Å²) in [4.78, 5) is 38.3. The summed E-state index contributed by atoms with van der Waals surface area (Å²) in [6.07, 6.45) is 0.187. The van der Waals surface area contributed by atoms with Crippen molar-refractivity contribution in [2.45, 2.75) is 26.8 Å². The van der Waals surface area contributed by atoms with Crippen LogP contribution < -0.4 is 10.2 Å². The van der Waals surface area contributed by atoms with Gasteiger partial charge in [0.2, 0.25) is 5.91 Å². The number of aryl methyl sites for hydroxylation is 1. The van der Waals surface area contributed by atoms with E-state index in [0.29, 0.717) is 17.4 Å². The van der Waals surface area contributed by atoms with Gasteiger partial charge in [-0.2, -0.15) is 0 Å². The molecule has 0 fully saturated rings. The van der Waals surface area contributed by atoms with Crippen LogP contribution in [0.5, 0.6) is 0 Å². The minimum atomic E-state index is -0.230. The SMILES string of the molecule is CC(=O)c1csc(NC(=O)CCn2c(C)csc2=O)n1. The summed E-state index contributed by atoms with van der Waals surface area (Å²) in [7, 11) is 0. The second-order valence-corrected chi connectivity index (χ2v) is 5.87. The monoisotopic (exact) mass is 311 g/mol. The Labute approximate surface area is 123 Å². The number of nitrogens with one attached hydrogen (secondary N) is 1. The van der Waals surface area contributed by atoms with E-state index in [9.17, 15) is 14.4 Å². The maximum Gasteiger partial charge on any atom is 0.307 e. The summed E-state index contributed by atoms with van der Waals surface area (Å²) in [5.74, 6) is -0.367. The largest absolute Gasteiger partial charge is 0.307 e. The zero-order chi connectivity index (χ0) is 14.7. The molecule has 106 valence electrons. The van der Waals surface area contributed by atoms with E-state index < -0.39 is 0 Å². The summed E-state index contributed by atoms with van der Waals surface area (Å²) >= 11 is 2.33. The first-order valence-electron chi connectivity index (χ1n) is 5.88. The van der Waals surface area contributed by atoms with E-state index in [1.54, 1.807) is 15.3 Å². The van der Waals surface area contributed by atoms with Crippen LogP contribution >= 0.6 is 22.7 Å². The molecule has 1 amide bonds. The molecule has 2 aromatic rings. The van der Waals surface area contributed by atoms with Crippen LogP contribution in [-0.4, -0.2) is 21.2 Å². The highest BCUT2D eigenvalue weighted by molar-refractivity contribution is 7.14. The van der Waals surface area contributed by atoms with E-state index >= 15 is 0 Å². The van der Waals surface area contributed by atoms with Gasteiger partial charge in [-0.3, -0.25) is 14.4 Å². The van der Waals surface area contributed by atoms with Crippen LogP contribution in [0.25, 0.3) is 0 Å². The zero-order valence-corrected chi connectivity index (χ0v) is 12.6. The maximum absolute atomic E-state index is 11.8. The Morgan fingerprint density at radius 1 is 1.35 bits per heavy atom. The normalized spacial score (nSPS) is 10.5. The number of nitrogens with zero attached hydrogens (tertiary/aromatic N) is 2. The summed E-state index contributed by atoms with van der Waals surface area (Å²) in [6, 6.07) is 0. The van der Waals surface area contributed by atoms with Crippen molar-refractivity contribution < 1.29 is 9.59 Å². The van der Waals surface area contributed by atoms with Crippen LogP contribution in [0.2, 0.25) is 0 Å². The summed E-state index contributed by atoms with van der Waals surface area (Å²) < 4.78 is 1.56. The van der Waals surface area contributed by atoms with E-state index in [1.807, 2.05) is 6.92 Å². The van der Waals surface area contributed by atoms with Crippen LogP contribution in [0.15, 0.2) is 15.6 Å². The van der Waals surface area contributed by atoms with Gasteiger partial charge in [0.05, 0.1) is 0 Å². The number of Topliss-reactive ketones (excluding diaryl/α,β-unsaturated/α-hetero) is 1. The Balaban J connectivity index is 1.92. The van der Waals surface area contributed by atoms with Crippen LogP contribution in [-0.2, 0) is 11.3 Å². The number of ketones is 1. The molecule has 1 N–H and O–H groups in total. The quantitative estimate of drug-likeness (QED) is 0.855. The molecule has 2 heterocycles. The van der Waals surface area contributed by atoms with Crippen molar-refractivity contribution in [1.82, 2.24) is 9.55 Å². The number of hydrogen-bond acceptors (Lipinski definition) is 6. The van der Waals surface area contributed by atoms with Crippen molar-refractivity contribution in [3.8, 4) is 0 Å². The third kappa shape index (κ3) is 3.40. The number of anilines is 1. The fourth-order valence-electron chi connectivity index (χ4n) is 1.56. The highest BCUT2D eigenvalue weighted by Crippen LogP contribution is 2.16. The molecule has 0 saturated carbocycles. The van der Waals surface area contributed by atoms with Crippen molar-refractivity contribution in [3.63, 3.8) is 0 Å². The molecule has 20 heavy (non-hydrogen) atoms. The molecule has 0 saturated heterocycles. The van der Waals surface area contributed by atoms with Gasteiger partial charge >= 0.3 is 4.87 Å². The van der Waals surface area contributed by atoms with E-state index in [2.05, 4.69) is 10.3 Å². The van der Waals surface area contributed by atoms with Gasteiger partial charge in [0, 0.05) is 36.3 Å². The lowest BCUT2D eigenvalue weighted by Crippen LogP contribution is -2.20. The highest BCUT2D eigenvalue weighted by Gasteiger charge is 2.10. The van der Waals surface area contributed by atoms with Crippen molar-refractivity contribution in [1.29, 1.82) is 0 Å². The van der Waals surface area contributed by atoms with Gasteiger partial charge in [0.15, 0.2) is 10.9 Å². The topological polar surface area (TPSA) is 81.1 Å². The smallest absolute Gasteiger partial charge is 0.303 e. The average molecular weight is 311 g/mol. The van der Waals surface area contributed by atoms with Crippen molar-refractivity contribution >= 4 is 39.5 Å². The highest BCUT2D eigenvalue weighted by atomic mass is 32.1. The number of rotatable bonds is 5. The molecule has 0 aliphatic heterocycles. The van der Waals surface area contributed by atoms with Gasteiger partial charge in [0.1, 0.15) is 5.69 Å². The van der Waals surface area contributed by atoms with Crippen LogP contribution in [0.3, 0.4) is 0 Å². The molecule has 0 aliphatic rings. The van der Waals surface area contributed by atoms with E-state index in [1.165, 1.54) is 18.3 Å². The Hall–Kier alpha value is -1.80. The Kier molecular flexibility index (Phi) is 4.46. The Morgan fingerprint density at radius 2 is 2.10 bits per heavy atom. The number of thiazole rings is 2. The lowest BCUT2D eigenvalue weighted by atomic mass is 10.3. The van der Waals surface area contributed by atoms with Gasteiger partial charge in [-0.25, -0.2) is 4.98 Å². The number of hydrogen-bond donors (Lipinski definition) is 1. The molecular weight excluding hydrogens is 298 g/mol. The molecule has 0 aromatic carbocycles. The second kappa shape index (κ2) is 6.10. The Morgan fingerprint density at radius 3 is 2.65 bits per heavy atom. The van der Waals surface area contributed by atoms with Gasteiger partial charge in [0.25, 0.3) is 0 Å². The lowest BCUT2D eigenvalue weighted by Gasteiger charge is -2.04. The van der Waals surface area contributed by atoms with Gasteiger partial charge < -0.3 is 9.88 Å². The predicted octanol–water partition coefficient (Wildman–Crippen LogP) is 1.91. The summed E-state index contributed by atoms with van der Waals surface area (Å²) in [5.41, 5.74) is 1.19. The van der Waals surface area contributed by atoms with Crippen molar-refractivity contribution in [2.75, 3.05) is 5.32 Å². The Bertz CT molecular complexity index is 699. The third-order valence-electron chi connectivity index (χ3n) is 2.65. The molecule has 0 unspecified atom stereocenters. The second-order valence-electron chi connectivity index (χ2n) is 4.19. The third-order valence-corrected chi connectivity index (χ3v) is 4.29. The molecule has 0 atom stereocenters. The van der Waals surface area contributed by atoms with E-state index in [-0.39, 0.29) is 23.0 Å². The molecule has 6 nitrogen and oxygen atoms in total. The van der Waals surface area contributed by atoms with E-state index in [4.69, 9.17) is 0 Å². The number of aromatic nitrogens is 2. The number of amides is 1. The first-order valence-corrected chi connectivity index (χ1v) is 7.64. The maximum atomic E-state index is 11.8. The molecule has 0 radical (unpaired) electrons. The van der Waals surface area contributed by atoms with Gasteiger partial charge in [-0.15, -0.1) is 11.3 Å². The fourth-order valence-corrected chi connectivity index (χ4v) is 3.09. The predicted molar refractivity (Wildman–Crippen MR) is 78.7 cm³/mol. The molecule has 2 aromatic heterocycles. The zero-order valence-electron chi connectivity index (χ0n) is 11.0. The first kappa shape index (κ1) is 14.6. The van der Waals surface area contributed by atoms with E-state index in [0.717, 1.165) is 17.0 Å². The first-order chi connectivity index (χ1) is 9.47. The molecule has 0 bridgehead atoms. The summed E-state index contributed by atoms with van der Waals surface area (Å²) in [6.45, 7) is 3.59. The molecule has 0 aliphatic carbocycles. The van der Waals surface area contributed by atoms with Crippen molar-refractivity contribution in [3.05, 3.63) is 31.8 Å². The minimum absolute atomic E-state index is 0.0663. The minimum Gasteiger partial charge on any atom is -0.303 e. The van der Waals surface area contributed by atoms with Crippen LogP contribution in [0.4, 0.5) is 5.13 Å². The standard InChI is InChI=1S/C12H13N3O3S2/c1-7-5-20-12(18)15(7)4-3-10(17)14-11-13-9(6-19-11)8(2)16/h5-6H,3-4H2,1-2H3,(H,13,14,17). The number of carbonyl (C=O) groups excluding carboxylic acids is 2. The van der Waals surface area contributed by atoms with Crippen molar-refractivity contribution in [2.24, 2.45) is 0 Å². The molecular formula is C12H13N3O3S2. The molecule has 2 rings (SSSR count). The summed E-state index contributed by atoms with van der Waals surface area (Å²) in [5, 5.41) is 6.39. The van der Waals surface area contributed by atoms with Gasteiger partial charge in [-0.1, -0.05) is 11.3 Å². The molecule has 0 spiro atoms.